The second-order valence-corrected chi connectivity index (χ2v) is 6.15. The quantitative estimate of drug-likeness (QED) is 0.656. The van der Waals surface area contributed by atoms with Crippen molar-refractivity contribution < 1.29 is 9.47 Å². The normalized spacial score (nSPS) is 11.0. The summed E-state index contributed by atoms with van der Waals surface area (Å²) in [6.07, 6.45) is 0. The molecule has 10 heteroatoms. The van der Waals surface area contributed by atoms with Crippen LogP contribution in [0.3, 0.4) is 0 Å². The third-order valence-corrected chi connectivity index (χ3v) is 4.71. The summed E-state index contributed by atoms with van der Waals surface area (Å²) in [6, 6.07) is 1.90. The molecule has 0 amide bonds. The minimum atomic E-state index is 0.0641. The first-order valence-electron chi connectivity index (χ1n) is 6.88. The van der Waals surface area contributed by atoms with Crippen molar-refractivity contribution in [3.05, 3.63) is 26.8 Å². The number of nitrogens with two attached hydrogens (primary N) is 1. The maximum absolute atomic E-state index is 6.03. The highest BCUT2D eigenvalue weighted by Gasteiger charge is 2.18. The lowest BCUT2D eigenvalue weighted by Crippen LogP contribution is -2.07. The number of aromatic nitrogens is 5. The summed E-state index contributed by atoms with van der Waals surface area (Å²) in [7, 11) is 3.22. The molecule has 0 bridgehead atoms. The van der Waals surface area contributed by atoms with E-state index in [9.17, 15) is 0 Å². The zero-order valence-electron chi connectivity index (χ0n) is 13.2. The highest BCUT2D eigenvalue weighted by molar-refractivity contribution is 9.10. The fraction of sp³-hybridized carbons (Fsp3) is 0.286. The Kier molecular flexibility index (Phi) is 4.46. The monoisotopic (exact) mass is 412 g/mol. The summed E-state index contributed by atoms with van der Waals surface area (Å²) in [5.41, 5.74) is 8.30. The zero-order chi connectivity index (χ0) is 17.4. The van der Waals surface area contributed by atoms with Crippen LogP contribution >= 0.6 is 27.5 Å². The first-order valence-corrected chi connectivity index (χ1v) is 8.05. The van der Waals surface area contributed by atoms with Crippen molar-refractivity contribution >= 4 is 44.6 Å². The zero-order valence-corrected chi connectivity index (χ0v) is 15.5. The third kappa shape index (κ3) is 2.73. The molecule has 8 nitrogen and oxygen atoms in total. The average Bonchev–Trinajstić information content (AvgIpc) is 2.93. The topological polar surface area (TPSA) is 101 Å². The molecule has 2 heterocycles. The first kappa shape index (κ1) is 16.7. The molecule has 3 aromatic rings. The summed E-state index contributed by atoms with van der Waals surface area (Å²) < 4.78 is 13.3. The Morgan fingerprint density at radius 1 is 1.29 bits per heavy atom. The van der Waals surface area contributed by atoms with Gasteiger partial charge in [0.1, 0.15) is 11.5 Å². The smallest absolute Gasteiger partial charge is 0.223 e. The molecular formula is C14H14BrClN6O2. The molecule has 0 fully saturated rings. The van der Waals surface area contributed by atoms with Crippen molar-refractivity contribution in [2.75, 3.05) is 20.0 Å². The minimum absolute atomic E-state index is 0.0641. The maximum atomic E-state index is 6.03. The number of rotatable bonds is 4. The van der Waals surface area contributed by atoms with Gasteiger partial charge in [0.05, 0.1) is 25.2 Å². The van der Waals surface area contributed by atoms with Gasteiger partial charge in [-0.05, 0) is 34.5 Å². The average molecular weight is 414 g/mol. The number of anilines is 1. The number of halogens is 2. The van der Waals surface area contributed by atoms with Crippen LogP contribution in [0.5, 0.6) is 11.5 Å². The lowest BCUT2D eigenvalue weighted by molar-refractivity contribution is 0.385. The van der Waals surface area contributed by atoms with Gasteiger partial charge in [-0.25, -0.2) is 4.68 Å². The molecule has 126 valence electrons. The van der Waals surface area contributed by atoms with Crippen molar-refractivity contribution in [1.29, 1.82) is 0 Å². The molecule has 0 aliphatic rings. The van der Waals surface area contributed by atoms with Crippen LogP contribution in [0.15, 0.2) is 10.5 Å². The second kappa shape index (κ2) is 6.40. The molecular weight excluding hydrogens is 400 g/mol. The molecule has 0 aliphatic heterocycles. The van der Waals surface area contributed by atoms with Crippen molar-refractivity contribution in [3.8, 4) is 11.5 Å². The number of hydrogen-bond donors (Lipinski definition) is 1. The molecule has 2 aromatic heterocycles. The lowest BCUT2D eigenvalue weighted by Gasteiger charge is -2.15. The minimum Gasteiger partial charge on any atom is -0.496 e. The first-order chi connectivity index (χ1) is 11.5. The van der Waals surface area contributed by atoms with Crippen LogP contribution in [0.25, 0.3) is 11.2 Å². The Labute approximate surface area is 151 Å². The SMILES string of the molecule is COc1cc(Cn2nnc3c(Cl)nc(N)nc32)c(Br)c(OC)c1C. The van der Waals surface area contributed by atoms with E-state index in [0.717, 1.165) is 15.6 Å². The molecule has 24 heavy (non-hydrogen) atoms. The largest absolute Gasteiger partial charge is 0.496 e. The van der Waals surface area contributed by atoms with Crippen LogP contribution in [0, 0.1) is 6.92 Å². The molecule has 0 atom stereocenters. The summed E-state index contributed by atoms with van der Waals surface area (Å²) in [5.74, 6) is 1.47. The van der Waals surface area contributed by atoms with E-state index in [1.54, 1.807) is 18.9 Å². The molecule has 2 N–H and O–H groups in total. The number of fused-ring (bicyclic) bond motifs is 1. The number of nitrogens with zero attached hydrogens (tertiary/aromatic N) is 5. The van der Waals surface area contributed by atoms with Gasteiger partial charge in [0.2, 0.25) is 5.95 Å². The Bertz CT molecular complexity index is 930. The van der Waals surface area contributed by atoms with E-state index in [0.29, 0.717) is 29.2 Å². The number of hydrogen-bond acceptors (Lipinski definition) is 7. The molecule has 0 saturated heterocycles. The summed E-state index contributed by atoms with van der Waals surface area (Å²) in [5, 5.41) is 8.27. The Hall–Kier alpha value is -2.13. The van der Waals surface area contributed by atoms with Crippen molar-refractivity contribution in [2.24, 2.45) is 0 Å². The highest BCUT2D eigenvalue weighted by Crippen LogP contribution is 2.38. The summed E-state index contributed by atoms with van der Waals surface area (Å²) in [6.45, 7) is 2.29. The number of methoxy groups -OCH3 is 2. The van der Waals surface area contributed by atoms with Gasteiger partial charge in [-0.1, -0.05) is 16.8 Å². The molecule has 1 aromatic carbocycles. The van der Waals surface area contributed by atoms with E-state index in [2.05, 4.69) is 36.2 Å². The Morgan fingerprint density at radius 3 is 2.71 bits per heavy atom. The molecule has 0 saturated carbocycles. The van der Waals surface area contributed by atoms with Gasteiger partial charge >= 0.3 is 0 Å². The van der Waals surface area contributed by atoms with Gasteiger partial charge in [0.25, 0.3) is 0 Å². The maximum Gasteiger partial charge on any atom is 0.223 e. The third-order valence-electron chi connectivity index (χ3n) is 3.58. The van der Waals surface area contributed by atoms with Gasteiger partial charge < -0.3 is 15.2 Å². The van der Waals surface area contributed by atoms with E-state index < -0.39 is 0 Å². The van der Waals surface area contributed by atoms with Gasteiger partial charge in [0.15, 0.2) is 16.3 Å². The predicted molar refractivity (Wildman–Crippen MR) is 93.6 cm³/mol. The molecule has 0 unspecified atom stereocenters. The van der Waals surface area contributed by atoms with Gasteiger partial charge in [0, 0.05) is 5.56 Å². The Balaban J connectivity index is 2.12. The van der Waals surface area contributed by atoms with Gasteiger partial charge in [-0.15, -0.1) is 5.10 Å². The predicted octanol–water partition coefficient (Wildman–Crippen LogP) is 2.59. The van der Waals surface area contributed by atoms with Gasteiger partial charge in [-0.3, -0.25) is 0 Å². The molecule has 0 spiro atoms. The van der Waals surface area contributed by atoms with Crippen LogP contribution in [0.4, 0.5) is 5.95 Å². The summed E-state index contributed by atoms with van der Waals surface area (Å²) in [4.78, 5) is 8.04. The lowest BCUT2D eigenvalue weighted by atomic mass is 10.1. The van der Waals surface area contributed by atoms with Crippen LogP contribution in [0.2, 0.25) is 5.15 Å². The number of nitrogen functional groups attached to an aromatic ring is 1. The van der Waals surface area contributed by atoms with E-state index >= 15 is 0 Å². The van der Waals surface area contributed by atoms with E-state index in [1.165, 1.54) is 0 Å². The van der Waals surface area contributed by atoms with Gasteiger partial charge in [-0.2, -0.15) is 9.97 Å². The van der Waals surface area contributed by atoms with E-state index in [1.807, 2.05) is 13.0 Å². The van der Waals surface area contributed by atoms with Crippen LogP contribution < -0.4 is 15.2 Å². The molecule has 0 aliphatic carbocycles. The standard InChI is InChI=1S/C14H14BrClN6O2/c1-6-8(23-2)4-7(9(15)11(6)24-3)5-22-13-10(20-21-22)12(16)18-14(17)19-13/h4H,5H2,1-3H3,(H2,17,18,19). The fourth-order valence-corrected chi connectivity index (χ4v) is 3.34. The number of benzene rings is 1. The van der Waals surface area contributed by atoms with Crippen LogP contribution in [-0.4, -0.2) is 39.2 Å². The second-order valence-electron chi connectivity index (χ2n) is 5.00. The molecule has 3 rings (SSSR count). The van der Waals surface area contributed by atoms with E-state index in [-0.39, 0.29) is 11.1 Å². The summed E-state index contributed by atoms with van der Waals surface area (Å²) >= 11 is 9.60. The van der Waals surface area contributed by atoms with Crippen LogP contribution in [0.1, 0.15) is 11.1 Å². The molecule has 0 radical (unpaired) electrons. The highest BCUT2D eigenvalue weighted by atomic mass is 79.9. The Morgan fingerprint density at radius 2 is 2.04 bits per heavy atom. The fourth-order valence-electron chi connectivity index (χ4n) is 2.43. The van der Waals surface area contributed by atoms with Crippen molar-refractivity contribution in [3.63, 3.8) is 0 Å². The van der Waals surface area contributed by atoms with Crippen molar-refractivity contribution in [2.45, 2.75) is 13.5 Å². The van der Waals surface area contributed by atoms with Crippen LogP contribution in [-0.2, 0) is 6.54 Å². The van der Waals surface area contributed by atoms with Crippen molar-refractivity contribution in [1.82, 2.24) is 25.0 Å². The number of ether oxygens (including phenoxy) is 2. The van der Waals surface area contributed by atoms with E-state index in [4.69, 9.17) is 26.8 Å².